The van der Waals surface area contributed by atoms with E-state index >= 15 is 0 Å². The van der Waals surface area contributed by atoms with Crippen molar-refractivity contribution in [3.63, 3.8) is 0 Å². The Labute approximate surface area is 215 Å². The molecule has 202 valence electrons. The molecule has 9 heteroatoms. The molecule has 2 saturated carbocycles. The Bertz CT molecular complexity index is 914. The molecule has 3 fully saturated rings. The minimum atomic E-state index is -2.52. The molecule has 1 aliphatic heterocycles. The number of ether oxygens (including phenoxy) is 1. The summed E-state index contributed by atoms with van der Waals surface area (Å²) < 4.78 is 41.0. The minimum Gasteiger partial charge on any atom is -0.413 e. The molecule has 0 bridgehead atoms. The third kappa shape index (κ3) is 4.27. The second-order valence-electron chi connectivity index (χ2n) is 13.9. The summed E-state index contributed by atoms with van der Waals surface area (Å²) in [7, 11) is -2.32. The first-order valence-electron chi connectivity index (χ1n) is 12.7. The standard InChI is InChI=1S/C26H46O7SSi/c1-12-23(7)16-18(27)26(28)24(8,33-23)15-17(31-34(29)30)20-22(5,6)14-13-19(25(20,26)9)32-35(10,11)21(2,3)4/h12,17,19-20,28H,1,13-16H2,2-11H3,(H,29,30)/t17-,19-,20-,23-,24+,25-,26+/m0/s1. The van der Waals surface area contributed by atoms with Gasteiger partial charge in [0.25, 0.3) is 0 Å². The topological polar surface area (TPSA) is 102 Å². The number of Topliss-reactive ketones (excluding diaryl/α,β-unsaturated/α-hetero) is 1. The number of ketones is 1. The number of carbonyl (C=O) groups is 1. The number of rotatable bonds is 5. The second kappa shape index (κ2) is 8.54. The Kier molecular flexibility index (Phi) is 7.11. The summed E-state index contributed by atoms with van der Waals surface area (Å²) in [4.78, 5) is 14.1. The molecule has 3 aliphatic rings. The molecule has 0 spiro atoms. The number of hydrogen-bond donors (Lipinski definition) is 2. The molecule has 1 saturated heterocycles. The fraction of sp³-hybridized carbons (Fsp3) is 0.885. The van der Waals surface area contributed by atoms with Crippen LogP contribution in [0.3, 0.4) is 0 Å². The Balaban J connectivity index is 2.29. The number of fused-ring (bicyclic) bond motifs is 3. The van der Waals surface area contributed by atoms with Gasteiger partial charge in [-0.1, -0.05) is 47.6 Å². The lowest BCUT2D eigenvalue weighted by atomic mass is 9.40. The van der Waals surface area contributed by atoms with Gasteiger partial charge < -0.3 is 14.3 Å². The van der Waals surface area contributed by atoms with E-state index in [1.807, 2.05) is 6.92 Å². The highest BCUT2D eigenvalue weighted by Gasteiger charge is 2.78. The van der Waals surface area contributed by atoms with E-state index in [2.05, 4.69) is 54.3 Å². The van der Waals surface area contributed by atoms with Gasteiger partial charge in [-0.25, -0.2) is 0 Å². The molecule has 0 aromatic heterocycles. The summed E-state index contributed by atoms with van der Waals surface area (Å²) in [5.74, 6) is -0.723. The van der Waals surface area contributed by atoms with E-state index in [0.29, 0.717) is 6.42 Å². The average Bonchev–Trinajstić information content (AvgIpc) is 2.65. The Morgan fingerprint density at radius 3 is 2.26 bits per heavy atom. The Hall–Kier alpha value is -0.423. The molecule has 0 aromatic carbocycles. The predicted molar refractivity (Wildman–Crippen MR) is 140 cm³/mol. The van der Waals surface area contributed by atoms with E-state index in [1.165, 1.54) is 0 Å². The highest BCUT2D eigenvalue weighted by molar-refractivity contribution is 7.74. The zero-order valence-corrected chi connectivity index (χ0v) is 25.0. The first-order chi connectivity index (χ1) is 15.6. The van der Waals surface area contributed by atoms with Crippen LogP contribution in [0.5, 0.6) is 0 Å². The smallest absolute Gasteiger partial charge is 0.302 e. The monoisotopic (exact) mass is 530 g/mol. The molecular formula is C26H46O7SSi. The summed E-state index contributed by atoms with van der Waals surface area (Å²) >= 11 is -2.52. The SMILES string of the molecule is C=C[C@@]1(C)CC(=O)[C@]2(O)[C@@]3(C)[C@@H](O[Si](C)(C)C(C)(C)C)CCC(C)(C)[C@@H]3[C@@H](OS(=O)O)C[C@@]2(C)O1. The molecule has 2 aliphatic carbocycles. The van der Waals surface area contributed by atoms with Gasteiger partial charge in [0.1, 0.15) is 5.60 Å². The third-order valence-corrected chi connectivity index (χ3v) is 14.9. The summed E-state index contributed by atoms with van der Waals surface area (Å²) in [6.07, 6.45) is 1.94. The maximum absolute atomic E-state index is 14.1. The lowest BCUT2D eigenvalue weighted by molar-refractivity contribution is -0.337. The van der Waals surface area contributed by atoms with Crippen LogP contribution in [0.2, 0.25) is 18.1 Å². The van der Waals surface area contributed by atoms with E-state index in [-0.39, 0.29) is 29.1 Å². The summed E-state index contributed by atoms with van der Waals surface area (Å²) in [5.41, 5.74) is -5.73. The maximum Gasteiger partial charge on any atom is 0.302 e. The van der Waals surface area contributed by atoms with Gasteiger partial charge in [-0.2, -0.15) is 4.21 Å². The Morgan fingerprint density at radius 1 is 1.20 bits per heavy atom. The zero-order valence-electron chi connectivity index (χ0n) is 23.2. The quantitative estimate of drug-likeness (QED) is 0.287. The molecule has 0 radical (unpaired) electrons. The first kappa shape index (κ1) is 29.1. The first-order valence-corrected chi connectivity index (χ1v) is 16.6. The van der Waals surface area contributed by atoms with Gasteiger partial charge in [-0.05, 0) is 50.2 Å². The molecule has 7 nitrogen and oxygen atoms in total. The normalized spacial score (nSPS) is 44.8. The van der Waals surface area contributed by atoms with E-state index in [4.69, 9.17) is 13.3 Å². The lowest BCUT2D eigenvalue weighted by Gasteiger charge is -2.71. The number of aliphatic hydroxyl groups is 1. The predicted octanol–water partition coefficient (Wildman–Crippen LogP) is 5.17. The fourth-order valence-electron chi connectivity index (χ4n) is 7.27. The summed E-state index contributed by atoms with van der Waals surface area (Å²) in [6, 6.07) is 0. The molecule has 3 rings (SSSR count). The van der Waals surface area contributed by atoms with Crippen molar-refractivity contribution in [2.75, 3.05) is 0 Å². The molecule has 0 amide bonds. The molecule has 1 unspecified atom stereocenters. The van der Waals surface area contributed by atoms with Crippen LogP contribution < -0.4 is 0 Å². The molecule has 35 heavy (non-hydrogen) atoms. The Morgan fingerprint density at radius 2 is 1.77 bits per heavy atom. The molecule has 8 atom stereocenters. The van der Waals surface area contributed by atoms with Crippen molar-refractivity contribution in [3.8, 4) is 0 Å². The minimum absolute atomic E-state index is 0.00437. The zero-order chi connectivity index (χ0) is 27.0. The molecule has 1 heterocycles. The van der Waals surface area contributed by atoms with Crippen molar-refractivity contribution < 1.29 is 32.0 Å². The van der Waals surface area contributed by atoms with Gasteiger partial charge in [0, 0.05) is 24.2 Å². The van der Waals surface area contributed by atoms with Crippen molar-refractivity contribution in [2.24, 2.45) is 16.7 Å². The highest BCUT2D eigenvalue weighted by Crippen LogP contribution is 2.68. The van der Waals surface area contributed by atoms with E-state index in [1.54, 1.807) is 19.9 Å². The average molecular weight is 531 g/mol. The van der Waals surface area contributed by atoms with Gasteiger partial charge in [-0.15, -0.1) is 6.58 Å². The van der Waals surface area contributed by atoms with Crippen molar-refractivity contribution in [1.82, 2.24) is 0 Å². The van der Waals surface area contributed by atoms with Crippen molar-refractivity contribution >= 4 is 25.5 Å². The van der Waals surface area contributed by atoms with E-state index in [9.17, 15) is 18.7 Å². The van der Waals surface area contributed by atoms with Crippen LogP contribution in [0.25, 0.3) is 0 Å². The van der Waals surface area contributed by atoms with Gasteiger partial charge in [-0.3, -0.25) is 13.5 Å². The largest absolute Gasteiger partial charge is 0.413 e. The van der Waals surface area contributed by atoms with Crippen molar-refractivity contribution in [2.45, 2.75) is 128 Å². The lowest BCUT2D eigenvalue weighted by Crippen LogP contribution is -2.83. The third-order valence-electron chi connectivity index (χ3n) is 9.97. The summed E-state index contributed by atoms with van der Waals surface area (Å²) in [6.45, 7) is 24.3. The fourth-order valence-corrected chi connectivity index (χ4v) is 9.09. The van der Waals surface area contributed by atoms with Crippen molar-refractivity contribution in [3.05, 3.63) is 12.7 Å². The van der Waals surface area contributed by atoms with E-state index in [0.717, 1.165) is 6.42 Å². The highest BCUT2D eigenvalue weighted by atomic mass is 32.2. The van der Waals surface area contributed by atoms with Gasteiger partial charge in [0.2, 0.25) is 0 Å². The number of hydrogen-bond acceptors (Lipinski definition) is 6. The molecular weight excluding hydrogens is 484 g/mol. The van der Waals surface area contributed by atoms with Crippen LogP contribution in [0.4, 0.5) is 0 Å². The molecule has 0 aromatic rings. The van der Waals surface area contributed by atoms with Gasteiger partial charge >= 0.3 is 11.4 Å². The van der Waals surface area contributed by atoms with Crippen LogP contribution in [-0.4, -0.2) is 57.0 Å². The van der Waals surface area contributed by atoms with Crippen LogP contribution in [-0.2, 0) is 29.5 Å². The summed E-state index contributed by atoms with van der Waals surface area (Å²) in [5, 5.41) is 12.6. The van der Waals surface area contributed by atoms with Gasteiger partial charge in [0.05, 0.1) is 17.8 Å². The molecule has 2 N–H and O–H groups in total. The van der Waals surface area contributed by atoms with Crippen LogP contribution >= 0.6 is 0 Å². The number of carbonyl (C=O) groups excluding carboxylic acids is 1. The van der Waals surface area contributed by atoms with Crippen LogP contribution in [0, 0.1) is 16.7 Å². The van der Waals surface area contributed by atoms with Crippen LogP contribution in [0.1, 0.15) is 81.1 Å². The van der Waals surface area contributed by atoms with Gasteiger partial charge in [0.15, 0.2) is 19.7 Å². The second-order valence-corrected chi connectivity index (χ2v) is 19.3. The van der Waals surface area contributed by atoms with Crippen LogP contribution in [0.15, 0.2) is 12.7 Å². The van der Waals surface area contributed by atoms with E-state index < -0.39 is 60.0 Å². The van der Waals surface area contributed by atoms with Crippen molar-refractivity contribution in [1.29, 1.82) is 0 Å². The maximum atomic E-state index is 14.1.